The zero-order valence-corrected chi connectivity index (χ0v) is 10.7. The Kier molecular flexibility index (Phi) is 3.69. The average Bonchev–Trinajstić information content (AvgIpc) is 2.77. The molecule has 94 valence electrons. The van der Waals surface area contributed by atoms with E-state index in [4.69, 9.17) is 10.3 Å². The van der Waals surface area contributed by atoms with Crippen molar-refractivity contribution >= 4 is 27.7 Å². The molecule has 0 unspecified atom stereocenters. The summed E-state index contributed by atoms with van der Waals surface area (Å²) in [5, 5.41) is 3.34. The van der Waals surface area contributed by atoms with Crippen molar-refractivity contribution in [2.75, 3.05) is 18.1 Å². The van der Waals surface area contributed by atoms with Gasteiger partial charge in [-0.05, 0) is 33.6 Å². The maximum absolute atomic E-state index is 14.0. The molecule has 1 heterocycles. The van der Waals surface area contributed by atoms with Crippen LogP contribution in [0.3, 0.4) is 0 Å². The molecule has 0 bridgehead atoms. The van der Waals surface area contributed by atoms with Crippen molar-refractivity contribution in [2.24, 2.45) is 5.11 Å². The molecular formula is C10H8BrFN4O2. The highest BCUT2D eigenvalue weighted by atomic mass is 79.9. The Balaban J connectivity index is 2.48. The molecule has 0 aromatic heterocycles. The Bertz CT molecular complexity index is 545. The number of hydrogen-bond donors (Lipinski definition) is 0. The molecule has 0 N–H and O–H groups in total. The Hall–Kier alpha value is -1.79. The fraction of sp³-hybridized carbons (Fsp3) is 0.300. The molecule has 1 aliphatic rings. The molecule has 0 saturated carbocycles. The molecule has 1 aromatic rings. The van der Waals surface area contributed by atoms with Gasteiger partial charge in [-0.3, -0.25) is 4.90 Å². The first-order valence-corrected chi connectivity index (χ1v) is 5.86. The maximum atomic E-state index is 14.0. The van der Waals surface area contributed by atoms with E-state index in [1.54, 1.807) is 6.07 Å². The number of amides is 1. The van der Waals surface area contributed by atoms with Gasteiger partial charge in [0.1, 0.15) is 12.4 Å². The van der Waals surface area contributed by atoms with Gasteiger partial charge >= 0.3 is 6.09 Å². The summed E-state index contributed by atoms with van der Waals surface area (Å²) in [6.45, 7) is 0.446. The highest BCUT2D eigenvalue weighted by Gasteiger charge is 2.27. The van der Waals surface area contributed by atoms with E-state index in [9.17, 15) is 9.18 Å². The summed E-state index contributed by atoms with van der Waals surface area (Å²) in [7, 11) is 0. The molecule has 6 nitrogen and oxygen atoms in total. The van der Waals surface area contributed by atoms with Gasteiger partial charge in [-0.1, -0.05) is 5.11 Å². The number of ether oxygens (including phenoxy) is 1. The number of benzene rings is 1. The van der Waals surface area contributed by atoms with Gasteiger partial charge in [0.15, 0.2) is 0 Å². The van der Waals surface area contributed by atoms with Crippen LogP contribution < -0.4 is 4.90 Å². The van der Waals surface area contributed by atoms with Crippen molar-refractivity contribution in [1.82, 2.24) is 0 Å². The largest absolute Gasteiger partial charge is 0.447 e. The summed E-state index contributed by atoms with van der Waals surface area (Å²) >= 11 is 3.05. The summed E-state index contributed by atoms with van der Waals surface area (Å²) in [4.78, 5) is 15.4. The number of carbonyl (C=O) groups is 1. The summed E-state index contributed by atoms with van der Waals surface area (Å²) < 4.78 is 19.0. The van der Waals surface area contributed by atoms with Crippen LogP contribution in [0.5, 0.6) is 0 Å². The van der Waals surface area contributed by atoms with Crippen LogP contribution in [0.2, 0.25) is 0 Å². The van der Waals surface area contributed by atoms with E-state index < -0.39 is 11.9 Å². The van der Waals surface area contributed by atoms with Crippen LogP contribution in [0.1, 0.15) is 5.56 Å². The summed E-state index contributed by atoms with van der Waals surface area (Å²) in [6.07, 6.45) is -0.529. The number of rotatable bonds is 3. The number of azide groups is 1. The normalized spacial score (nSPS) is 14.3. The Morgan fingerprint density at radius 3 is 3.00 bits per heavy atom. The number of carbonyl (C=O) groups excluding carboxylic acids is 1. The minimum absolute atomic E-state index is 0.166. The Labute approximate surface area is 110 Å². The molecule has 8 heteroatoms. The molecule has 1 saturated heterocycles. The van der Waals surface area contributed by atoms with Crippen LogP contribution in [0.15, 0.2) is 21.7 Å². The van der Waals surface area contributed by atoms with Gasteiger partial charge in [0.25, 0.3) is 0 Å². The van der Waals surface area contributed by atoms with Gasteiger partial charge in [0.2, 0.25) is 0 Å². The molecule has 0 radical (unpaired) electrons. The van der Waals surface area contributed by atoms with Crippen LogP contribution in [-0.2, 0) is 11.3 Å². The average molecular weight is 315 g/mol. The van der Waals surface area contributed by atoms with E-state index in [1.165, 1.54) is 11.0 Å². The van der Waals surface area contributed by atoms with E-state index in [2.05, 4.69) is 26.0 Å². The SMILES string of the molecule is [N-]=[N+]=NCc1c(N2CCOC2=O)ccc(Br)c1F. The summed E-state index contributed by atoms with van der Waals surface area (Å²) in [6, 6.07) is 3.08. The third kappa shape index (κ3) is 2.25. The molecule has 1 fully saturated rings. The fourth-order valence-corrected chi connectivity index (χ4v) is 2.07. The molecule has 18 heavy (non-hydrogen) atoms. The second-order valence-corrected chi connectivity index (χ2v) is 4.37. The third-order valence-corrected chi connectivity index (χ3v) is 3.13. The lowest BCUT2D eigenvalue weighted by molar-refractivity contribution is 0.181. The molecule has 1 aromatic carbocycles. The van der Waals surface area contributed by atoms with E-state index in [1.807, 2.05) is 0 Å². The van der Waals surface area contributed by atoms with Crippen LogP contribution >= 0.6 is 15.9 Å². The first kappa shape index (κ1) is 12.7. The van der Waals surface area contributed by atoms with E-state index >= 15 is 0 Å². The summed E-state index contributed by atoms with van der Waals surface area (Å²) in [5.41, 5.74) is 8.85. The monoisotopic (exact) mass is 314 g/mol. The van der Waals surface area contributed by atoms with Crippen LogP contribution in [0.4, 0.5) is 14.9 Å². The van der Waals surface area contributed by atoms with E-state index in [-0.39, 0.29) is 23.2 Å². The predicted molar refractivity (Wildman–Crippen MR) is 65.6 cm³/mol. The van der Waals surface area contributed by atoms with Crippen molar-refractivity contribution in [3.8, 4) is 0 Å². The Morgan fingerprint density at radius 2 is 2.39 bits per heavy atom. The standard InChI is InChI=1S/C10H8BrFN4O2/c11-7-1-2-8(16-3-4-18-10(16)17)6(9(7)12)5-14-15-13/h1-2H,3-5H2. The second-order valence-electron chi connectivity index (χ2n) is 3.51. The molecule has 0 atom stereocenters. The first-order valence-electron chi connectivity index (χ1n) is 5.07. The molecule has 1 aliphatic heterocycles. The van der Waals surface area contributed by atoms with Crippen molar-refractivity contribution < 1.29 is 13.9 Å². The Morgan fingerprint density at radius 1 is 1.61 bits per heavy atom. The number of nitrogens with zero attached hydrogens (tertiary/aromatic N) is 4. The minimum Gasteiger partial charge on any atom is -0.447 e. The molecule has 2 rings (SSSR count). The summed E-state index contributed by atoms with van der Waals surface area (Å²) in [5.74, 6) is -0.542. The zero-order chi connectivity index (χ0) is 13.1. The molecule has 0 aliphatic carbocycles. The fourth-order valence-electron chi connectivity index (χ4n) is 1.70. The minimum atomic E-state index is -0.542. The third-order valence-electron chi connectivity index (χ3n) is 2.52. The van der Waals surface area contributed by atoms with Crippen molar-refractivity contribution in [3.05, 3.63) is 38.4 Å². The lowest BCUT2D eigenvalue weighted by atomic mass is 10.1. The number of anilines is 1. The predicted octanol–water partition coefficient (Wildman–Crippen LogP) is 3.36. The van der Waals surface area contributed by atoms with E-state index in [0.717, 1.165) is 0 Å². The molecule has 0 spiro atoms. The highest BCUT2D eigenvalue weighted by molar-refractivity contribution is 9.10. The molecular weight excluding hydrogens is 307 g/mol. The van der Waals surface area contributed by atoms with Crippen LogP contribution in [0, 0.1) is 5.82 Å². The number of cyclic esters (lactones) is 1. The number of hydrogen-bond acceptors (Lipinski definition) is 3. The highest BCUT2D eigenvalue weighted by Crippen LogP contribution is 2.31. The lowest BCUT2D eigenvalue weighted by Crippen LogP contribution is -2.25. The van der Waals surface area contributed by atoms with Gasteiger partial charge < -0.3 is 4.74 Å². The van der Waals surface area contributed by atoms with Gasteiger partial charge in [-0.15, -0.1) is 0 Å². The molecule has 1 amide bonds. The maximum Gasteiger partial charge on any atom is 0.414 e. The van der Waals surface area contributed by atoms with E-state index in [0.29, 0.717) is 12.2 Å². The smallest absolute Gasteiger partial charge is 0.414 e. The number of halogens is 2. The topological polar surface area (TPSA) is 78.3 Å². The van der Waals surface area contributed by atoms with Gasteiger partial charge in [0, 0.05) is 10.5 Å². The van der Waals surface area contributed by atoms with Crippen LogP contribution in [-0.4, -0.2) is 19.2 Å². The van der Waals surface area contributed by atoms with Gasteiger partial charge in [-0.2, -0.15) is 0 Å². The van der Waals surface area contributed by atoms with Crippen molar-refractivity contribution in [1.29, 1.82) is 0 Å². The quantitative estimate of drug-likeness (QED) is 0.487. The van der Waals surface area contributed by atoms with Gasteiger partial charge in [-0.25, -0.2) is 9.18 Å². The second kappa shape index (κ2) is 5.24. The first-order chi connectivity index (χ1) is 8.65. The zero-order valence-electron chi connectivity index (χ0n) is 9.14. The van der Waals surface area contributed by atoms with Gasteiger partial charge in [0.05, 0.1) is 23.2 Å². The van der Waals surface area contributed by atoms with Crippen LogP contribution in [0.25, 0.3) is 10.4 Å². The van der Waals surface area contributed by atoms with Crippen molar-refractivity contribution in [3.63, 3.8) is 0 Å². The van der Waals surface area contributed by atoms with Crippen molar-refractivity contribution in [2.45, 2.75) is 6.54 Å². The lowest BCUT2D eigenvalue weighted by Gasteiger charge is -2.17.